The third-order valence-electron chi connectivity index (χ3n) is 2.91. The molecule has 0 atom stereocenters. The number of para-hydroxylation sites is 1. The number of hydrogen-bond acceptors (Lipinski definition) is 3. The largest absolute Gasteiger partial charge is 0.450 e. The Bertz CT molecular complexity index is 747. The number of amides is 1. The van der Waals surface area contributed by atoms with Crippen LogP contribution in [0.15, 0.2) is 35.6 Å². The zero-order chi connectivity index (χ0) is 16.3. The van der Waals surface area contributed by atoms with Crippen molar-refractivity contribution in [2.24, 2.45) is 5.10 Å². The normalized spacial score (nSPS) is 12.5. The number of carbonyl (C=O) groups excluding carboxylic acids is 2. The molecule has 0 saturated carbocycles. The van der Waals surface area contributed by atoms with Gasteiger partial charge in [0.25, 0.3) is 5.91 Å². The highest BCUT2D eigenvalue weighted by Crippen LogP contribution is 2.18. The molecule has 22 heavy (non-hydrogen) atoms. The van der Waals surface area contributed by atoms with Gasteiger partial charge in [0.1, 0.15) is 0 Å². The number of hydrazone groups is 1. The molecule has 2 aromatic rings. The Labute approximate surface area is 123 Å². The Morgan fingerprint density at radius 2 is 1.95 bits per heavy atom. The highest BCUT2D eigenvalue weighted by molar-refractivity contribution is 6.08. The van der Waals surface area contributed by atoms with Crippen LogP contribution in [0.5, 0.6) is 0 Å². The van der Waals surface area contributed by atoms with Crippen molar-refractivity contribution in [3.05, 3.63) is 36.0 Å². The molecule has 0 spiro atoms. The molecule has 0 saturated heterocycles. The molecular formula is C14H12F3N3O2. The Morgan fingerprint density at radius 1 is 1.27 bits per heavy atom. The number of fused-ring (bicyclic) bond motifs is 1. The first-order valence-corrected chi connectivity index (χ1v) is 6.28. The van der Waals surface area contributed by atoms with E-state index in [0.29, 0.717) is 10.9 Å². The molecule has 0 radical (unpaired) electrons. The molecule has 1 heterocycles. The fourth-order valence-electron chi connectivity index (χ4n) is 1.84. The molecule has 0 aliphatic rings. The Hall–Kier alpha value is -2.64. The number of aromatic nitrogens is 1. The standard InChI is InChI=1S/C14H12F3N3O2/c1-8(6-12(21)14(15,16)17)19-20-13(22)10-7-18-11-5-3-2-4-9(10)11/h2-5,7,18H,6H2,1H3,(H,20,22)/b19-8-. The zero-order valence-electron chi connectivity index (χ0n) is 11.5. The summed E-state index contributed by atoms with van der Waals surface area (Å²) in [5, 5.41) is 4.19. The number of alkyl halides is 3. The molecule has 0 unspecified atom stereocenters. The Morgan fingerprint density at radius 3 is 2.64 bits per heavy atom. The summed E-state index contributed by atoms with van der Waals surface area (Å²) in [7, 11) is 0. The predicted octanol–water partition coefficient (Wildman–Crippen LogP) is 2.80. The van der Waals surface area contributed by atoms with Crippen molar-refractivity contribution in [1.29, 1.82) is 0 Å². The number of Topliss-reactive ketones (excluding diaryl/α,β-unsaturated/α-hetero) is 1. The third-order valence-corrected chi connectivity index (χ3v) is 2.91. The maximum atomic E-state index is 12.1. The van der Waals surface area contributed by atoms with E-state index in [1.165, 1.54) is 13.1 Å². The number of H-pyrrole nitrogens is 1. The third kappa shape index (κ3) is 3.51. The van der Waals surface area contributed by atoms with Gasteiger partial charge in [0.05, 0.1) is 12.0 Å². The average Bonchev–Trinajstić information content (AvgIpc) is 2.87. The van der Waals surface area contributed by atoms with Gasteiger partial charge in [-0.15, -0.1) is 0 Å². The van der Waals surface area contributed by atoms with E-state index in [4.69, 9.17) is 0 Å². The minimum atomic E-state index is -4.91. The summed E-state index contributed by atoms with van der Waals surface area (Å²) >= 11 is 0. The van der Waals surface area contributed by atoms with Crippen LogP contribution in [0.1, 0.15) is 23.7 Å². The topological polar surface area (TPSA) is 74.3 Å². The van der Waals surface area contributed by atoms with E-state index in [-0.39, 0.29) is 5.71 Å². The molecule has 1 amide bonds. The number of hydrogen-bond donors (Lipinski definition) is 2. The average molecular weight is 311 g/mol. The van der Waals surface area contributed by atoms with Crippen LogP contribution in [0, 0.1) is 0 Å². The van der Waals surface area contributed by atoms with Crippen LogP contribution in [0.3, 0.4) is 0 Å². The Kier molecular flexibility index (Phi) is 4.30. The maximum Gasteiger partial charge on any atom is 0.450 e. The van der Waals surface area contributed by atoms with Gasteiger partial charge in [-0.2, -0.15) is 18.3 Å². The number of rotatable bonds is 4. The number of carbonyl (C=O) groups is 2. The fourth-order valence-corrected chi connectivity index (χ4v) is 1.84. The monoisotopic (exact) mass is 311 g/mol. The fraction of sp³-hybridized carbons (Fsp3) is 0.214. The van der Waals surface area contributed by atoms with Gasteiger partial charge >= 0.3 is 6.18 Å². The highest BCUT2D eigenvalue weighted by atomic mass is 19.4. The number of halogens is 3. The van der Waals surface area contributed by atoms with Crippen LogP contribution in [0.25, 0.3) is 10.9 Å². The van der Waals surface area contributed by atoms with E-state index in [1.54, 1.807) is 24.3 Å². The van der Waals surface area contributed by atoms with Crippen molar-refractivity contribution < 1.29 is 22.8 Å². The summed E-state index contributed by atoms with van der Waals surface area (Å²) in [4.78, 5) is 25.7. The summed E-state index contributed by atoms with van der Waals surface area (Å²) in [6.45, 7) is 1.24. The first kappa shape index (κ1) is 15.7. The number of nitrogens with one attached hydrogen (secondary N) is 2. The molecule has 0 fully saturated rings. The molecule has 8 heteroatoms. The van der Waals surface area contributed by atoms with Crippen LogP contribution in [-0.2, 0) is 4.79 Å². The van der Waals surface area contributed by atoms with Crippen molar-refractivity contribution in [3.8, 4) is 0 Å². The SMILES string of the molecule is C/C(CC(=O)C(F)(F)F)=N/NC(=O)c1c[nH]c2ccccc12. The molecule has 0 aliphatic heterocycles. The maximum absolute atomic E-state index is 12.1. The van der Waals surface area contributed by atoms with Gasteiger partial charge in [-0.05, 0) is 13.0 Å². The second-order valence-electron chi connectivity index (χ2n) is 4.63. The molecular weight excluding hydrogens is 299 g/mol. The van der Waals surface area contributed by atoms with Crippen LogP contribution >= 0.6 is 0 Å². The molecule has 2 N–H and O–H groups in total. The van der Waals surface area contributed by atoms with Crippen LogP contribution in [0.4, 0.5) is 13.2 Å². The first-order chi connectivity index (χ1) is 10.3. The van der Waals surface area contributed by atoms with E-state index in [2.05, 4.69) is 15.5 Å². The molecule has 0 aliphatic carbocycles. The summed E-state index contributed by atoms with van der Waals surface area (Å²) < 4.78 is 36.3. The molecule has 5 nitrogen and oxygen atoms in total. The minimum Gasteiger partial charge on any atom is -0.360 e. The summed E-state index contributed by atoms with van der Waals surface area (Å²) in [6, 6.07) is 7.06. The second-order valence-corrected chi connectivity index (χ2v) is 4.63. The van der Waals surface area contributed by atoms with E-state index in [0.717, 1.165) is 5.52 Å². The molecule has 116 valence electrons. The molecule has 2 rings (SSSR count). The lowest BCUT2D eigenvalue weighted by molar-refractivity contribution is -0.169. The van der Waals surface area contributed by atoms with Gasteiger partial charge < -0.3 is 4.98 Å². The lowest BCUT2D eigenvalue weighted by atomic mass is 10.2. The predicted molar refractivity (Wildman–Crippen MR) is 74.6 cm³/mol. The smallest absolute Gasteiger partial charge is 0.360 e. The van der Waals surface area contributed by atoms with Gasteiger partial charge in [0.15, 0.2) is 0 Å². The lowest BCUT2D eigenvalue weighted by Crippen LogP contribution is -2.26. The second kappa shape index (κ2) is 6.00. The van der Waals surface area contributed by atoms with Crippen molar-refractivity contribution >= 4 is 28.3 Å². The first-order valence-electron chi connectivity index (χ1n) is 6.28. The zero-order valence-corrected chi connectivity index (χ0v) is 11.5. The molecule has 0 bridgehead atoms. The molecule has 1 aromatic heterocycles. The quantitative estimate of drug-likeness (QED) is 0.673. The number of ketones is 1. The van der Waals surface area contributed by atoms with Crippen LogP contribution < -0.4 is 5.43 Å². The van der Waals surface area contributed by atoms with Crippen molar-refractivity contribution in [3.63, 3.8) is 0 Å². The summed E-state index contributed by atoms with van der Waals surface area (Å²) in [6.07, 6.45) is -4.32. The number of benzene rings is 1. The van der Waals surface area contributed by atoms with E-state index in [9.17, 15) is 22.8 Å². The van der Waals surface area contributed by atoms with Gasteiger partial charge in [0.2, 0.25) is 5.78 Å². The van der Waals surface area contributed by atoms with Crippen molar-refractivity contribution in [2.45, 2.75) is 19.5 Å². The van der Waals surface area contributed by atoms with Gasteiger partial charge in [0, 0.05) is 22.8 Å². The van der Waals surface area contributed by atoms with Gasteiger partial charge in [-0.1, -0.05) is 18.2 Å². The van der Waals surface area contributed by atoms with E-state index < -0.39 is 24.3 Å². The summed E-state index contributed by atoms with van der Waals surface area (Å²) in [5.41, 5.74) is 3.08. The van der Waals surface area contributed by atoms with Crippen molar-refractivity contribution in [2.75, 3.05) is 0 Å². The number of nitrogens with zero attached hydrogens (tertiary/aromatic N) is 1. The van der Waals surface area contributed by atoms with Crippen molar-refractivity contribution in [1.82, 2.24) is 10.4 Å². The van der Waals surface area contributed by atoms with E-state index >= 15 is 0 Å². The number of aromatic amines is 1. The van der Waals surface area contributed by atoms with Crippen LogP contribution in [0.2, 0.25) is 0 Å². The molecule has 1 aromatic carbocycles. The lowest BCUT2D eigenvalue weighted by Gasteiger charge is -2.05. The van der Waals surface area contributed by atoms with E-state index in [1.807, 2.05) is 0 Å². The van der Waals surface area contributed by atoms with Gasteiger partial charge in [-0.25, -0.2) is 5.43 Å². The minimum absolute atomic E-state index is 0.129. The Balaban J connectivity index is 2.06. The van der Waals surface area contributed by atoms with Crippen LogP contribution in [-0.4, -0.2) is 28.6 Å². The highest BCUT2D eigenvalue weighted by Gasteiger charge is 2.38. The van der Waals surface area contributed by atoms with Gasteiger partial charge in [-0.3, -0.25) is 9.59 Å². The summed E-state index contributed by atoms with van der Waals surface area (Å²) in [5.74, 6) is -2.48.